The van der Waals surface area contributed by atoms with Crippen LogP contribution in [0.5, 0.6) is 11.5 Å². The number of aryl methyl sites for hydroxylation is 1. The van der Waals surface area contributed by atoms with Crippen LogP contribution in [0, 0.1) is 6.92 Å². The fourth-order valence-electron chi connectivity index (χ4n) is 2.27. The number of hydrogen-bond donors (Lipinski definition) is 1. The third-order valence-corrected chi connectivity index (χ3v) is 3.81. The smallest absolute Gasteiger partial charge is 0.131 e. The van der Waals surface area contributed by atoms with Gasteiger partial charge in [0, 0.05) is 11.1 Å². The van der Waals surface area contributed by atoms with Gasteiger partial charge in [0.2, 0.25) is 0 Å². The number of halogens is 1. The van der Waals surface area contributed by atoms with Gasteiger partial charge >= 0.3 is 0 Å². The van der Waals surface area contributed by atoms with Crippen LogP contribution in [0.25, 0.3) is 0 Å². The van der Waals surface area contributed by atoms with Crippen molar-refractivity contribution in [1.29, 1.82) is 0 Å². The highest BCUT2D eigenvalue weighted by molar-refractivity contribution is 6.31. The first-order valence-corrected chi connectivity index (χ1v) is 7.59. The molecule has 0 radical (unpaired) electrons. The Morgan fingerprint density at radius 3 is 2.24 bits per heavy atom. The van der Waals surface area contributed by atoms with Gasteiger partial charge in [-0.05, 0) is 54.7 Å². The fourth-order valence-corrected chi connectivity index (χ4v) is 2.62. The Bertz CT molecular complexity index is 635. The molecule has 0 aliphatic carbocycles. The minimum Gasteiger partial charge on any atom is -0.457 e. The second-order valence-corrected chi connectivity index (χ2v) is 6.18. The number of benzene rings is 2. The average molecular weight is 304 g/mol. The van der Waals surface area contributed by atoms with E-state index in [9.17, 15) is 0 Å². The minimum atomic E-state index is -0.0863. The molecule has 0 heterocycles. The summed E-state index contributed by atoms with van der Waals surface area (Å²) in [5.41, 5.74) is 9.17. The van der Waals surface area contributed by atoms with Crippen LogP contribution in [0.1, 0.15) is 49.4 Å². The molecule has 0 spiro atoms. The van der Waals surface area contributed by atoms with E-state index in [4.69, 9.17) is 22.1 Å². The Morgan fingerprint density at radius 1 is 1.00 bits per heavy atom. The van der Waals surface area contributed by atoms with Crippen molar-refractivity contribution >= 4 is 11.6 Å². The molecule has 21 heavy (non-hydrogen) atoms. The topological polar surface area (TPSA) is 35.2 Å². The third kappa shape index (κ3) is 3.78. The standard InChI is InChI=1S/C18H22ClNO/c1-11(2)15-7-5-12(3)9-18(15)21-14-6-8-16(13(4)20)17(19)10-14/h5-11,13H,20H2,1-4H3. The monoisotopic (exact) mass is 303 g/mol. The first kappa shape index (κ1) is 15.9. The van der Waals surface area contributed by atoms with Gasteiger partial charge in [0.1, 0.15) is 11.5 Å². The molecule has 1 atom stereocenters. The molecular formula is C18H22ClNO. The highest BCUT2D eigenvalue weighted by Crippen LogP contribution is 2.33. The summed E-state index contributed by atoms with van der Waals surface area (Å²) in [6, 6.07) is 11.9. The summed E-state index contributed by atoms with van der Waals surface area (Å²) < 4.78 is 6.04. The highest BCUT2D eigenvalue weighted by atomic mass is 35.5. The molecule has 2 nitrogen and oxygen atoms in total. The first-order valence-electron chi connectivity index (χ1n) is 7.22. The van der Waals surface area contributed by atoms with Crippen molar-refractivity contribution in [3.05, 3.63) is 58.1 Å². The van der Waals surface area contributed by atoms with Crippen LogP contribution < -0.4 is 10.5 Å². The van der Waals surface area contributed by atoms with Crippen molar-refractivity contribution in [3.8, 4) is 11.5 Å². The Balaban J connectivity index is 2.34. The molecule has 0 aliphatic rings. The zero-order valence-corrected chi connectivity index (χ0v) is 13.7. The van der Waals surface area contributed by atoms with E-state index in [-0.39, 0.29) is 6.04 Å². The molecule has 0 saturated heterocycles. The van der Waals surface area contributed by atoms with Gasteiger partial charge in [-0.25, -0.2) is 0 Å². The summed E-state index contributed by atoms with van der Waals surface area (Å²) in [4.78, 5) is 0. The van der Waals surface area contributed by atoms with Crippen molar-refractivity contribution in [2.24, 2.45) is 5.73 Å². The molecule has 0 amide bonds. The second kappa shape index (κ2) is 6.50. The maximum Gasteiger partial charge on any atom is 0.131 e. The van der Waals surface area contributed by atoms with Crippen LogP contribution in [0.4, 0.5) is 0 Å². The van der Waals surface area contributed by atoms with E-state index in [1.807, 2.05) is 25.1 Å². The molecule has 2 aromatic rings. The van der Waals surface area contributed by atoms with E-state index < -0.39 is 0 Å². The Morgan fingerprint density at radius 2 is 1.67 bits per heavy atom. The van der Waals surface area contributed by atoms with Crippen molar-refractivity contribution in [2.45, 2.75) is 39.7 Å². The Kier molecular flexibility index (Phi) is 4.92. The summed E-state index contributed by atoms with van der Waals surface area (Å²) in [5.74, 6) is 2.02. The average Bonchev–Trinajstić information content (AvgIpc) is 2.37. The minimum absolute atomic E-state index is 0.0863. The van der Waals surface area contributed by atoms with E-state index >= 15 is 0 Å². The molecule has 0 bridgehead atoms. The van der Waals surface area contributed by atoms with Crippen molar-refractivity contribution in [1.82, 2.24) is 0 Å². The van der Waals surface area contributed by atoms with Crippen molar-refractivity contribution in [2.75, 3.05) is 0 Å². The lowest BCUT2D eigenvalue weighted by Gasteiger charge is -2.16. The van der Waals surface area contributed by atoms with Gasteiger partial charge in [-0.15, -0.1) is 0 Å². The van der Waals surface area contributed by atoms with Gasteiger partial charge in [0.15, 0.2) is 0 Å². The zero-order valence-electron chi connectivity index (χ0n) is 13.0. The quantitative estimate of drug-likeness (QED) is 0.799. The molecule has 0 fully saturated rings. The Labute approximate surface area is 131 Å². The number of rotatable bonds is 4. The molecule has 0 saturated carbocycles. The molecule has 112 valence electrons. The summed E-state index contributed by atoms with van der Waals surface area (Å²) in [6.45, 7) is 8.29. The van der Waals surface area contributed by atoms with Crippen LogP contribution in [-0.4, -0.2) is 0 Å². The molecule has 1 unspecified atom stereocenters. The lowest BCUT2D eigenvalue weighted by molar-refractivity contribution is 0.472. The lowest BCUT2D eigenvalue weighted by Crippen LogP contribution is -2.05. The maximum atomic E-state index is 6.26. The molecule has 3 heteroatoms. The lowest BCUT2D eigenvalue weighted by atomic mass is 10.0. The summed E-state index contributed by atoms with van der Waals surface area (Å²) in [7, 11) is 0. The number of hydrogen-bond acceptors (Lipinski definition) is 2. The molecule has 2 aromatic carbocycles. The van der Waals surface area contributed by atoms with Gasteiger partial charge in [-0.1, -0.05) is 43.6 Å². The van der Waals surface area contributed by atoms with E-state index in [1.165, 1.54) is 11.1 Å². The van der Waals surface area contributed by atoms with E-state index in [2.05, 4.69) is 39.0 Å². The molecule has 0 aromatic heterocycles. The SMILES string of the molecule is Cc1ccc(C(C)C)c(Oc2ccc(C(C)N)c(Cl)c2)c1. The van der Waals surface area contributed by atoms with Crippen LogP contribution in [0.15, 0.2) is 36.4 Å². The summed E-state index contributed by atoms with van der Waals surface area (Å²) in [6.07, 6.45) is 0. The van der Waals surface area contributed by atoms with E-state index in [0.717, 1.165) is 17.1 Å². The number of nitrogens with two attached hydrogens (primary N) is 1. The van der Waals surface area contributed by atoms with Gasteiger partial charge in [0.25, 0.3) is 0 Å². The van der Waals surface area contributed by atoms with Gasteiger partial charge < -0.3 is 10.5 Å². The van der Waals surface area contributed by atoms with Crippen LogP contribution in [0.3, 0.4) is 0 Å². The maximum absolute atomic E-state index is 6.26. The summed E-state index contributed by atoms with van der Waals surface area (Å²) >= 11 is 6.26. The van der Waals surface area contributed by atoms with Crippen LogP contribution >= 0.6 is 11.6 Å². The largest absolute Gasteiger partial charge is 0.457 e. The molecular weight excluding hydrogens is 282 g/mol. The fraction of sp³-hybridized carbons (Fsp3) is 0.333. The second-order valence-electron chi connectivity index (χ2n) is 5.77. The van der Waals surface area contributed by atoms with Gasteiger partial charge in [0.05, 0.1) is 0 Å². The zero-order chi connectivity index (χ0) is 15.6. The van der Waals surface area contributed by atoms with E-state index in [0.29, 0.717) is 10.9 Å². The normalized spacial score (nSPS) is 12.5. The third-order valence-electron chi connectivity index (χ3n) is 3.48. The number of ether oxygens (including phenoxy) is 1. The predicted octanol–water partition coefficient (Wildman–Crippen LogP) is 5.58. The first-order chi connectivity index (χ1) is 9.88. The highest BCUT2D eigenvalue weighted by Gasteiger charge is 2.11. The van der Waals surface area contributed by atoms with Crippen LogP contribution in [-0.2, 0) is 0 Å². The summed E-state index contributed by atoms with van der Waals surface area (Å²) in [5, 5.41) is 0.640. The van der Waals surface area contributed by atoms with Crippen molar-refractivity contribution in [3.63, 3.8) is 0 Å². The predicted molar refractivity (Wildman–Crippen MR) is 89.4 cm³/mol. The van der Waals surface area contributed by atoms with E-state index in [1.54, 1.807) is 0 Å². The van der Waals surface area contributed by atoms with Crippen LogP contribution in [0.2, 0.25) is 5.02 Å². The van der Waals surface area contributed by atoms with Crippen molar-refractivity contribution < 1.29 is 4.74 Å². The molecule has 2 N–H and O–H groups in total. The van der Waals surface area contributed by atoms with Gasteiger partial charge in [-0.2, -0.15) is 0 Å². The Hall–Kier alpha value is -1.51. The molecule has 2 rings (SSSR count). The molecule has 0 aliphatic heterocycles. The van der Waals surface area contributed by atoms with Gasteiger partial charge in [-0.3, -0.25) is 0 Å².